The molecule has 0 spiro atoms. The van der Waals surface area contributed by atoms with E-state index in [1.807, 2.05) is 13.8 Å². The van der Waals surface area contributed by atoms with Crippen LogP contribution in [0.1, 0.15) is 13.8 Å². The molecule has 0 atom stereocenters. The van der Waals surface area contributed by atoms with E-state index in [1.165, 1.54) is 0 Å². The first-order valence-electron chi connectivity index (χ1n) is 2.72. The first-order valence-corrected chi connectivity index (χ1v) is 2.72. The lowest BCUT2D eigenvalue weighted by Gasteiger charge is -2.08. The van der Waals surface area contributed by atoms with Gasteiger partial charge in [0.15, 0.2) is 0 Å². The number of aliphatic hydroxyl groups is 1. The van der Waals surface area contributed by atoms with E-state index in [0.29, 0.717) is 5.92 Å². The molecule has 0 amide bonds. The molecule has 48 valence electrons. The van der Waals surface area contributed by atoms with Gasteiger partial charge in [0.05, 0.1) is 0 Å². The van der Waals surface area contributed by atoms with Crippen LogP contribution < -0.4 is 5.32 Å². The Morgan fingerprint density at radius 3 is 2.38 bits per heavy atom. The van der Waals surface area contributed by atoms with Gasteiger partial charge in [0, 0.05) is 5.70 Å². The molecule has 2 nitrogen and oxygen atoms in total. The SMILES string of the molecule is C=C(NCO)C(C)C. The van der Waals surface area contributed by atoms with Gasteiger partial charge in [-0.3, -0.25) is 0 Å². The Morgan fingerprint density at radius 1 is 1.75 bits per heavy atom. The third-order valence-corrected chi connectivity index (χ3v) is 1.00. The van der Waals surface area contributed by atoms with Gasteiger partial charge in [-0.15, -0.1) is 0 Å². The average molecular weight is 115 g/mol. The van der Waals surface area contributed by atoms with Gasteiger partial charge in [0.2, 0.25) is 0 Å². The Bertz CT molecular complexity index is 78.6. The van der Waals surface area contributed by atoms with E-state index in [4.69, 9.17) is 5.11 Å². The smallest absolute Gasteiger partial charge is 0.113 e. The Labute approximate surface area is 50.2 Å². The fourth-order valence-corrected chi connectivity index (χ4v) is 0.306. The summed E-state index contributed by atoms with van der Waals surface area (Å²) >= 11 is 0. The predicted octanol–water partition coefficient (Wildman–Crippen LogP) is 0.696. The lowest BCUT2D eigenvalue weighted by molar-refractivity contribution is 0.270. The van der Waals surface area contributed by atoms with Gasteiger partial charge in [-0.25, -0.2) is 0 Å². The molecular weight excluding hydrogens is 102 g/mol. The standard InChI is InChI=1S/C6H13NO/c1-5(2)6(3)7-4-8/h5,7-8H,3-4H2,1-2H3. The van der Waals surface area contributed by atoms with E-state index in [0.717, 1.165) is 5.70 Å². The van der Waals surface area contributed by atoms with Crippen LogP contribution in [0.15, 0.2) is 12.3 Å². The van der Waals surface area contributed by atoms with Crippen LogP contribution in [0.4, 0.5) is 0 Å². The lowest BCUT2D eigenvalue weighted by atomic mass is 10.2. The molecule has 0 radical (unpaired) electrons. The zero-order chi connectivity index (χ0) is 6.57. The minimum atomic E-state index is -0.0169. The molecule has 0 aromatic heterocycles. The summed E-state index contributed by atoms with van der Waals surface area (Å²) in [6.45, 7) is 7.69. The summed E-state index contributed by atoms with van der Waals surface area (Å²) in [7, 11) is 0. The Hall–Kier alpha value is -0.500. The van der Waals surface area contributed by atoms with E-state index in [9.17, 15) is 0 Å². The fraction of sp³-hybridized carbons (Fsp3) is 0.667. The molecule has 0 saturated heterocycles. The number of hydrogen-bond acceptors (Lipinski definition) is 2. The number of nitrogens with one attached hydrogen (secondary N) is 1. The molecule has 0 aromatic carbocycles. The Kier molecular flexibility index (Phi) is 3.28. The van der Waals surface area contributed by atoms with Gasteiger partial charge >= 0.3 is 0 Å². The van der Waals surface area contributed by atoms with Crippen molar-refractivity contribution in [3.8, 4) is 0 Å². The van der Waals surface area contributed by atoms with Crippen LogP contribution in [0.2, 0.25) is 0 Å². The summed E-state index contributed by atoms with van der Waals surface area (Å²) in [5.74, 6) is 0.405. The highest BCUT2D eigenvalue weighted by Gasteiger charge is 1.94. The van der Waals surface area contributed by atoms with Gasteiger partial charge in [-0.05, 0) is 5.92 Å². The van der Waals surface area contributed by atoms with Gasteiger partial charge in [0.1, 0.15) is 6.73 Å². The number of allylic oxidation sites excluding steroid dienone is 1. The maximum Gasteiger partial charge on any atom is 0.113 e. The molecule has 2 N–H and O–H groups in total. The minimum absolute atomic E-state index is 0.0169. The van der Waals surface area contributed by atoms with Gasteiger partial charge in [0.25, 0.3) is 0 Å². The van der Waals surface area contributed by atoms with E-state index >= 15 is 0 Å². The lowest BCUT2D eigenvalue weighted by Crippen LogP contribution is -2.16. The van der Waals surface area contributed by atoms with Gasteiger partial charge < -0.3 is 10.4 Å². The second kappa shape index (κ2) is 3.50. The maximum atomic E-state index is 8.31. The molecular formula is C6H13NO. The summed E-state index contributed by atoms with van der Waals surface area (Å²) in [5, 5.41) is 11.0. The summed E-state index contributed by atoms with van der Waals surface area (Å²) < 4.78 is 0. The molecule has 0 aliphatic heterocycles. The van der Waals surface area contributed by atoms with Crippen LogP contribution in [0.5, 0.6) is 0 Å². The molecule has 0 bridgehead atoms. The van der Waals surface area contributed by atoms with Crippen molar-refractivity contribution in [1.82, 2.24) is 5.32 Å². The number of rotatable bonds is 3. The van der Waals surface area contributed by atoms with Crippen LogP contribution in [-0.4, -0.2) is 11.8 Å². The van der Waals surface area contributed by atoms with E-state index in [1.54, 1.807) is 0 Å². The molecule has 2 heteroatoms. The quantitative estimate of drug-likeness (QED) is 0.530. The van der Waals surface area contributed by atoms with Crippen molar-refractivity contribution in [2.75, 3.05) is 6.73 Å². The third kappa shape index (κ3) is 2.64. The summed E-state index contributed by atoms with van der Waals surface area (Å²) in [6.07, 6.45) is 0. The van der Waals surface area contributed by atoms with Crippen molar-refractivity contribution < 1.29 is 5.11 Å². The van der Waals surface area contributed by atoms with Crippen LogP contribution in [0, 0.1) is 5.92 Å². The van der Waals surface area contributed by atoms with Gasteiger partial charge in [-0.1, -0.05) is 20.4 Å². The summed E-state index contributed by atoms with van der Waals surface area (Å²) in [5.41, 5.74) is 0.882. The van der Waals surface area contributed by atoms with Crippen molar-refractivity contribution in [2.24, 2.45) is 5.92 Å². The predicted molar refractivity (Wildman–Crippen MR) is 34.2 cm³/mol. The highest BCUT2D eigenvalue weighted by Crippen LogP contribution is 2.00. The molecule has 8 heavy (non-hydrogen) atoms. The third-order valence-electron chi connectivity index (χ3n) is 1.00. The van der Waals surface area contributed by atoms with Crippen LogP contribution >= 0.6 is 0 Å². The van der Waals surface area contributed by atoms with Crippen LogP contribution in [0.3, 0.4) is 0 Å². The first kappa shape index (κ1) is 7.50. The molecule has 0 saturated carbocycles. The first-order chi connectivity index (χ1) is 3.68. The highest BCUT2D eigenvalue weighted by molar-refractivity contribution is 4.92. The molecule has 0 unspecified atom stereocenters. The minimum Gasteiger partial charge on any atom is -0.377 e. The van der Waals surface area contributed by atoms with Crippen molar-refractivity contribution in [3.05, 3.63) is 12.3 Å². The van der Waals surface area contributed by atoms with Crippen molar-refractivity contribution in [1.29, 1.82) is 0 Å². The molecule has 0 aliphatic carbocycles. The molecule has 0 aromatic rings. The van der Waals surface area contributed by atoms with Crippen molar-refractivity contribution >= 4 is 0 Å². The fourth-order valence-electron chi connectivity index (χ4n) is 0.306. The number of aliphatic hydroxyl groups excluding tert-OH is 1. The van der Waals surface area contributed by atoms with E-state index in [2.05, 4.69) is 11.9 Å². The van der Waals surface area contributed by atoms with Crippen LogP contribution in [-0.2, 0) is 0 Å². The van der Waals surface area contributed by atoms with Gasteiger partial charge in [-0.2, -0.15) is 0 Å². The average Bonchev–Trinajstić information content (AvgIpc) is 1.67. The topological polar surface area (TPSA) is 32.3 Å². The Morgan fingerprint density at radius 2 is 2.25 bits per heavy atom. The Balaban J connectivity index is 3.33. The zero-order valence-corrected chi connectivity index (χ0v) is 5.44. The molecule has 0 heterocycles. The van der Waals surface area contributed by atoms with Crippen molar-refractivity contribution in [3.63, 3.8) is 0 Å². The molecule has 0 rings (SSSR count). The van der Waals surface area contributed by atoms with Crippen molar-refractivity contribution in [2.45, 2.75) is 13.8 Å². The zero-order valence-electron chi connectivity index (χ0n) is 5.44. The monoisotopic (exact) mass is 115 g/mol. The van der Waals surface area contributed by atoms with E-state index < -0.39 is 0 Å². The largest absolute Gasteiger partial charge is 0.377 e. The normalized spacial score (nSPS) is 9.50. The second-order valence-electron chi connectivity index (χ2n) is 2.01. The van der Waals surface area contributed by atoms with Crippen LogP contribution in [0.25, 0.3) is 0 Å². The molecule has 0 aliphatic rings. The highest BCUT2D eigenvalue weighted by atomic mass is 16.3. The van der Waals surface area contributed by atoms with E-state index in [-0.39, 0.29) is 6.73 Å². The second-order valence-corrected chi connectivity index (χ2v) is 2.01. The summed E-state index contributed by atoms with van der Waals surface area (Å²) in [6, 6.07) is 0. The maximum absolute atomic E-state index is 8.31. The number of hydrogen-bond donors (Lipinski definition) is 2. The molecule has 0 fully saturated rings. The summed E-state index contributed by atoms with van der Waals surface area (Å²) in [4.78, 5) is 0.